The van der Waals surface area contributed by atoms with Gasteiger partial charge in [-0.1, -0.05) is 0 Å². The molecular formula is C26H28FN7O2. The summed E-state index contributed by atoms with van der Waals surface area (Å²) in [6.07, 6.45) is 9.38. The largest absolute Gasteiger partial charge is 0.494 e. The van der Waals surface area contributed by atoms with Crippen molar-refractivity contribution in [3.63, 3.8) is 0 Å². The number of piperazine rings is 1. The molecule has 1 saturated heterocycles. The van der Waals surface area contributed by atoms with Crippen LogP contribution in [0.4, 0.5) is 10.1 Å². The molecule has 2 fully saturated rings. The fraction of sp³-hybridized carbons (Fsp3) is 0.346. The predicted octanol–water partition coefficient (Wildman–Crippen LogP) is 2.94. The second-order valence-corrected chi connectivity index (χ2v) is 9.38. The number of carbonyl (C=O) groups excluding carboxylic acids is 1. The molecule has 186 valence electrons. The average Bonchev–Trinajstić information content (AvgIpc) is 3.40. The van der Waals surface area contributed by atoms with Crippen molar-refractivity contribution in [1.29, 1.82) is 0 Å². The van der Waals surface area contributed by atoms with Gasteiger partial charge in [0.05, 0.1) is 42.1 Å². The van der Waals surface area contributed by atoms with Crippen molar-refractivity contribution in [2.75, 3.05) is 38.2 Å². The number of ether oxygens (including phenoxy) is 1. The van der Waals surface area contributed by atoms with Gasteiger partial charge < -0.3 is 20.3 Å². The molecule has 4 heterocycles. The molecule has 36 heavy (non-hydrogen) atoms. The van der Waals surface area contributed by atoms with Crippen LogP contribution < -0.4 is 20.3 Å². The lowest BCUT2D eigenvalue weighted by Gasteiger charge is -2.30. The van der Waals surface area contributed by atoms with Crippen molar-refractivity contribution in [1.82, 2.24) is 29.8 Å². The zero-order chi connectivity index (χ0) is 24.8. The number of anilines is 1. The van der Waals surface area contributed by atoms with Crippen LogP contribution in [0.5, 0.6) is 5.75 Å². The first kappa shape index (κ1) is 22.5. The molecule has 0 bridgehead atoms. The number of halogens is 1. The van der Waals surface area contributed by atoms with E-state index in [1.165, 1.54) is 6.07 Å². The fourth-order valence-corrected chi connectivity index (χ4v) is 4.67. The Balaban J connectivity index is 1.37. The van der Waals surface area contributed by atoms with Crippen molar-refractivity contribution in [3.05, 3.63) is 59.9 Å². The van der Waals surface area contributed by atoms with Gasteiger partial charge in [0.2, 0.25) is 0 Å². The molecule has 0 spiro atoms. The number of amides is 1. The van der Waals surface area contributed by atoms with Crippen molar-refractivity contribution in [2.45, 2.75) is 25.8 Å². The number of fused-ring (bicyclic) bond motifs is 1. The van der Waals surface area contributed by atoms with Crippen LogP contribution in [0.3, 0.4) is 0 Å². The van der Waals surface area contributed by atoms with Crippen LogP contribution in [-0.4, -0.2) is 64.4 Å². The first-order chi connectivity index (χ1) is 17.5. The second kappa shape index (κ2) is 8.94. The van der Waals surface area contributed by atoms with E-state index in [0.29, 0.717) is 11.3 Å². The Morgan fingerprint density at radius 1 is 1.14 bits per heavy atom. The van der Waals surface area contributed by atoms with Gasteiger partial charge in [-0.15, -0.1) is 0 Å². The van der Waals surface area contributed by atoms with E-state index in [2.05, 4.69) is 31.8 Å². The highest BCUT2D eigenvalue weighted by atomic mass is 19.1. The summed E-state index contributed by atoms with van der Waals surface area (Å²) in [6.45, 7) is 5.43. The molecule has 1 saturated carbocycles. The highest BCUT2D eigenvalue weighted by Gasteiger charge is 2.26. The van der Waals surface area contributed by atoms with E-state index in [-0.39, 0.29) is 17.5 Å². The number of imidazole rings is 1. The van der Waals surface area contributed by atoms with E-state index in [0.717, 1.165) is 67.4 Å². The Labute approximate surface area is 207 Å². The first-order valence-electron chi connectivity index (χ1n) is 12.2. The van der Waals surface area contributed by atoms with Crippen molar-refractivity contribution in [2.24, 2.45) is 0 Å². The maximum atomic E-state index is 14.6. The minimum Gasteiger partial charge on any atom is -0.494 e. The van der Waals surface area contributed by atoms with Gasteiger partial charge in [-0.25, -0.2) is 14.1 Å². The molecule has 1 aromatic carbocycles. The summed E-state index contributed by atoms with van der Waals surface area (Å²) in [7, 11) is 1.68. The van der Waals surface area contributed by atoms with Crippen LogP contribution in [0.2, 0.25) is 0 Å². The van der Waals surface area contributed by atoms with Crippen molar-refractivity contribution >= 4 is 17.2 Å². The summed E-state index contributed by atoms with van der Waals surface area (Å²) in [5.74, 6) is -0.131. The fourth-order valence-electron chi connectivity index (χ4n) is 4.67. The normalized spacial score (nSPS) is 15.9. The van der Waals surface area contributed by atoms with Gasteiger partial charge in [0.1, 0.15) is 17.2 Å². The zero-order valence-electron chi connectivity index (χ0n) is 20.3. The van der Waals surface area contributed by atoms with Crippen molar-refractivity contribution < 1.29 is 13.9 Å². The number of rotatable bonds is 6. The number of hydrogen-bond acceptors (Lipinski definition) is 6. The molecule has 0 atom stereocenters. The van der Waals surface area contributed by atoms with Gasteiger partial charge in [0.15, 0.2) is 0 Å². The van der Waals surface area contributed by atoms with Crippen LogP contribution in [0.25, 0.3) is 22.6 Å². The summed E-state index contributed by atoms with van der Waals surface area (Å²) >= 11 is 0. The quantitative estimate of drug-likeness (QED) is 0.433. The Bertz CT molecular complexity index is 1450. The number of nitrogens with one attached hydrogen (secondary N) is 2. The van der Waals surface area contributed by atoms with Gasteiger partial charge >= 0.3 is 0 Å². The third-order valence-electron chi connectivity index (χ3n) is 6.84. The molecule has 1 aliphatic carbocycles. The van der Waals surface area contributed by atoms with Crippen LogP contribution >= 0.6 is 0 Å². The zero-order valence-corrected chi connectivity index (χ0v) is 20.3. The van der Waals surface area contributed by atoms with Crippen LogP contribution in [0.15, 0.2) is 43.0 Å². The summed E-state index contributed by atoms with van der Waals surface area (Å²) in [4.78, 5) is 19.4. The van der Waals surface area contributed by atoms with Gasteiger partial charge in [-0.3, -0.25) is 9.20 Å². The summed E-state index contributed by atoms with van der Waals surface area (Å²) in [5.41, 5.74) is 4.88. The number of hydrogen-bond donors (Lipinski definition) is 2. The van der Waals surface area contributed by atoms with E-state index in [1.54, 1.807) is 24.1 Å². The maximum absolute atomic E-state index is 14.6. The molecule has 4 aromatic rings. The third-order valence-corrected chi connectivity index (χ3v) is 6.84. The summed E-state index contributed by atoms with van der Waals surface area (Å²) in [6, 6.07) is 5.05. The average molecular weight is 490 g/mol. The summed E-state index contributed by atoms with van der Waals surface area (Å²) < 4.78 is 24.0. The minimum absolute atomic E-state index is 0.0297. The van der Waals surface area contributed by atoms with Crippen LogP contribution in [0.1, 0.15) is 28.8 Å². The smallest absolute Gasteiger partial charge is 0.254 e. The summed E-state index contributed by atoms with van der Waals surface area (Å²) in [5, 5.41) is 10.8. The first-order valence-corrected chi connectivity index (χ1v) is 12.2. The number of benzene rings is 1. The van der Waals surface area contributed by atoms with Crippen LogP contribution in [0, 0.1) is 12.7 Å². The number of pyridine rings is 1. The molecule has 1 aliphatic heterocycles. The number of carbonyl (C=O) groups is 1. The molecule has 10 heteroatoms. The monoisotopic (exact) mass is 489 g/mol. The van der Waals surface area contributed by atoms with Gasteiger partial charge in [-0.2, -0.15) is 5.10 Å². The standard InChI is InChI=1S/C26H28FN7O2/c1-16-9-20(27)19(26(35)31-18-3-4-18)10-21(16)34-14-17(12-30-34)22-13-29-25-11-24(36-2)23(15-33(22)25)32-7-5-28-6-8-32/h9-15,18,28H,3-8H2,1-2H3,(H,31,35). The third kappa shape index (κ3) is 4.07. The topological polar surface area (TPSA) is 88.7 Å². The highest BCUT2D eigenvalue weighted by Crippen LogP contribution is 2.33. The lowest BCUT2D eigenvalue weighted by molar-refractivity contribution is 0.0947. The Morgan fingerprint density at radius 2 is 1.94 bits per heavy atom. The van der Waals surface area contributed by atoms with Gasteiger partial charge in [0.25, 0.3) is 5.91 Å². The Hall–Kier alpha value is -3.92. The second-order valence-electron chi connectivity index (χ2n) is 9.38. The Morgan fingerprint density at radius 3 is 2.69 bits per heavy atom. The van der Waals surface area contributed by atoms with Gasteiger partial charge in [-0.05, 0) is 37.5 Å². The van der Waals surface area contributed by atoms with Crippen LogP contribution in [-0.2, 0) is 0 Å². The van der Waals surface area contributed by atoms with Gasteiger partial charge in [0, 0.05) is 56.2 Å². The molecular weight excluding hydrogens is 461 g/mol. The van der Waals surface area contributed by atoms with Crippen molar-refractivity contribution in [3.8, 4) is 22.7 Å². The van der Waals surface area contributed by atoms with E-state index in [9.17, 15) is 9.18 Å². The maximum Gasteiger partial charge on any atom is 0.254 e. The van der Waals surface area contributed by atoms with E-state index in [1.807, 2.05) is 29.8 Å². The number of methoxy groups -OCH3 is 1. The molecule has 6 rings (SSSR count). The predicted molar refractivity (Wildman–Crippen MR) is 135 cm³/mol. The molecule has 1 amide bonds. The molecule has 2 aliphatic rings. The minimum atomic E-state index is -0.530. The number of aryl methyl sites for hydroxylation is 1. The van der Waals surface area contributed by atoms with E-state index >= 15 is 0 Å². The van der Waals surface area contributed by atoms with E-state index < -0.39 is 5.82 Å². The lowest BCUT2D eigenvalue weighted by Crippen LogP contribution is -2.43. The molecule has 9 nitrogen and oxygen atoms in total. The molecule has 2 N–H and O–H groups in total. The molecule has 0 unspecified atom stereocenters. The Kier molecular flexibility index (Phi) is 5.60. The number of nitrogens with zero attached hydrogens (tertiary/aromatic N) is 5. The molecule has 0 radical (unpaired) electrons. The SMILES string of the molecule is COc1cc2ncc(-c3cnn(-c4cc(C(=O)NC5CC5)c(F)cc4C)c3)n2cc1N1CCNCC1. The molecule has 3 aromatic heterocycles. The highest BCUT2D eigenvalue weighted by molar-refractivity contribution is 5.95. The number of aromatic nitrogens is 4. The van der Waals surface area contributed by atoms with E-state index in [4.69, 9.17) is 4.74 Å². The lowest BCUT2D eigenvalue weighted by atomic mass is 10.1.